The summed E-state index contributed by atoms with van der Waals surface area (Å²) in [6.45, 7) is 3.02. The SMILES string of the molecule is CC(CN(C)C)Oc1ccc(I)cc1. The number of ether oxygens (including phenoxy) is 1. The van der Waals surface area contributed by atoms with Crippen LogP contribution in [0.15, 0.2) is 24.3 Å². The predicted octanol–water partition coefficient (Wildman–Crippen LogP) is 2.62. The molecule has 3 heteroatoms. The van der Waals surface area contributed by atoms with Gasteiger partial charge in [0.2, 0.25) is 0 Å². The third-order valence-electron chi connectivity index (χ3n) is 1.77. The van der Waals surface area contributed by atoms with Gasteiger partial charge in [0.15, 0.2) is 0 Å². The van der Waals surface area contributed by atoms with E-state index in [2.05, 4.69) is 46.5 Å². The zero-order valence-corrected chi connectivity index (χ0v) is 11.0. The Labute approximate surface area is 99.4 Å². The Kier molecular flexibility index (Phi) is 4.68. The predicted molar refractivity (Wildman–Crippen MR) is 67.8 cm³/mol. The molecule has 1 rings (SSSR count). The van der Waals surface area contributed by atoms with Crippen molar-refractivity contribution in [2.24, 2.45) is 0 Å². The summed E-state index contributed by atoms with van der Waals surface area (Å²) in [7, 11) is 4.10. The van der Waals surface area contributed by atoms with E-state index >= 15 is 0 Å². The highest BCUT2D eigenvalue weighted by Gasteiger charge is 2.04. The van der Waals surface area contributed by atoms with Gasteiger partial charge >= 0.3 is 0 Å². The van der Waals surface area contributed by atoms with Crippen LogP contribution >= 0.6 is 22.6 Å². The Bertz CT molecular complexity index is 271. The normalized spacial score (nSPS) is 12.9. The molecule has 2 nitrogen and oxygen atoms in total. The van der Waals surface area contributed by atoms with Gasteiger partial charge in [-0.3, -0.25) is 0 Å². The zero-order chi connectivity index (χ0) is 10.6. The summed E-state index contributed by atoms with van der Waals surface area (Å²) < 4.78 is 6.97. The summed E-state index contributed by atoms with van der Waals surface area (Å²) in [6.07, 6.45) is 0.227. The maximum atomic E-state index is 5.74. The average Bonchev–Trinajstić information content (AvgIpc) is 2.07. The van der Waals surface area contributed by atoms with Crippen LogP contribution in [0.2, 0.25) is 0 Å². The fourth-order valence-electron chi connectivity index (χ4n) is 1.30. The van der Waals surface area contributed by atoms with E-state index in [9.17, 15) is 0 Å². The molecule has 0 heterocycles. The van der Waals surface area contributed by atoms with Crippen LogP contribution in [0.25, 0.3) is 0 Å². The minimum Gasteiger partial charge on any atom is -0.489 e. The summed E-state index contributed by atoms with van der Waals surface area (Å²) in [5.74, 6) is 0.944. The van der Waals surface area contributed by atoms with E-state index in [0.29, 0.717) is 0 Å². The Morgan fingerprint density at radius 1 is 1.29 bits per heavy atom. The van der Waals surface area contributed by atoms with Crippen LogP contribution in [-0.2, 0) is 0 Å². The van der Waals surface area contributed by atoms with Crippen molar-refractivity contribution in [2.45, 2.75) is 13.0 Å². The summed E-state index contributed by atoms with van der Waals surface area (Å²) in [5.41, 5.74) is 0. The van der Waals surface area contributed by atoms with Crippen molar-refractivity contribution in [1.82, 2.24) is 4.90 Å². The van der Waals surface area contributed by atoms with E-state index < -0.39 is 0 Å². The van der Waals surface area contributed by atoms with E-state index in [0.717, 1.165) is 12.3 Å². The zero-order valence-electron chi connectivity index (χ0n) is 8.83. The summed E-state index contributed by atoms with van der Waals surface area (Å²) >= 11 is 2.29. The Balaban J connectivity index is 2.47. The molecule has 1 atom stereocenters. The second-order valence-corrected chi connectivity index (χ2v) is 4.89. The van der Waals surface area contributed by atoms with Gasteiger partial charge in [0.25, 0.3) is 0 Å². The van der Waals surface area contributed by atoms with E-state index in [1.807, 2.05) is 26.2 Å². The molecule has 1 aromatic carbocycles. The summed E-state index contributed by atoms with van der Waals surface area (Å²) in [6, 6.07) is 8.12. The molecule has 14 heavy (non-hydrogen) atoms. The first-order valence-corrected chi connectivity index (χ1v) is 5.73. The second-order valence-electron chi connectivity index (χ2n) is 3.64. The summed E-state index contributed by atoms with van der Waals surface area (Å²) in [5, 5.41) is 0. The third-order valence-corrected chi connectivity index (χ3v) is 2.49. The lowest BCUT2D eigenvalue weighted by Crippen LogP contribution is -2.27. The van der Waals surface area contributed by atoms with Gasteiger partial charge in [-0.1, -0.05) is 0 Å². The number of hydrogen-bond donors (Lipinski definition) is 0. The van der Waals surface area contributed by atoms with Gasteiger partial charge in [0.05, 0.1) is 0 Å². The van der Waals surface area contributed by atoms with E-state index in [-0.39, 0.29) is 6.10 Å². The molecule has 0 radical (unpaired) electrons. The van der Waals surface area contributed by atoms with Crippen molar-refractivity contribution in [3.8, 4) is 5.75 Å². The van der Waals surface area contributed by atoms with E-state index in [4.69, 9.17) is 4.74 Å². The maximum absolute atomic E-state index is 5.74. The largest absolute Gasteiger partial charge is 0.489 e. The van der Waals surface area contributed by atoms with Crippen LogP contribution < -0.4 is 4.74 Å². The minimum absolute atomic E-state index is 0.227. The third kappa shape index (κ3) is 4.28. The number of rotatable bonds is 4. The number of hydrogen-bond acceptors (Lipinski definition) is 2. The lowest BCUT2D eigenvalue weighted by Gasteiger charge is -2.18. The summed E-state index contributed by atoms with van der Waals surface area (Å²) in [4.78, 5) is 2.12. The van der Waals surface area contributed by atoms with Crippen LogP contribution in [0.4, 0.5) is 0 Å². The van der Waals surface area contributed by atoms with Crippen molar-refractivity contribution >= 4 is 22.6 Å². The van der Waals surface area contributed by atoms with Gasteiger partial charge in [-0.15, -0.1) is 0 Å². The molecule has 0 amide bonds. The maximum Gasteiger partial charge on any atom is 0.119 e. The number of halogens is 1. The highest BCUT2D eigenvalue weighted by molar-refractivity contribution is 14.1. The highest BCUT2D eigenvalue weighted by atomic mass is 127. The molecule has 0 saturated heterocycles. The Hall–Kier alpha value is -0.290. The first-order valence-electron chi connectivity index (χ1n) is 4.65. The molecule has 0 aliphatic rings. The van der Waals surface area contributed by atoms with Gasteiger partial charge in [-0.25, -0.2) is 0 Å². The van der Waals surface area contributed by atoms with Crippen molar-refractivity contribution in [3.63, 3.8) is 0 Å². The number of benzene rings is 1. The van der Waals surface area contributed by atoms with Gasteiger partial charge in [0, 0.05) is 10.1 Å². The van der Waals surface area contributed by atoms with Gasteiger partial charge in [-0.05, 0) is 67.9 Å². The molecule has 0 saturated carbocycles. The topological polar surface area (TPSA) is 12.5 Å². The molecule has 0 N–H and O–H groups in total. The molecule has 0 spiro atoms. The molecule has 0 aromatic heterocycles. The standard InChI is InChI=1S/C11H16INO/c1-9(8-13(2)3)14-11-6-4-10(12)5-7-11/h4-7,9H,8H2,1-3H3. The smallest absolute Gasteiger partial charge is 0.119 e. The number of likely N-dealkylation sites (N-methyl/N-ethyl adjacent to an activating group) is 1. The molecule has 0 aliphatic heterocycles. The number of nitrogens with zero attached hydrogens (tertiary/aromatic N) is 1. The van der Waals surface area contributed by atoms with Crippen molar-refractivity contribution in [2.75, 3.05) is 20.6 Å². The fourth-order valence-corrected chi connectivity index (χ4v) is 1.66. The molecular formula is C11H16INO. The Morgan fingerprint density at radius 2 is 1.86 bits per heavy atom. The monoisotopic (exact) mass is 305 g/mol. The molecular weight excluding hydrogens is 289 g/mol. The first kappa shape index (κ1) is 11.8. The van der Waals surface area contributed by atoms with Crippen LogP contribution in [0.1, 0.15) is 6.92 Å². The van der Waals surface area contributed by atoms with Gasteiger partial charge in [0.1, 0.15) is 11.9 Å². The first-order chi connectivity index (χ1) is 6.58. The average molecular weight is 305 g/mol. The van der Waals surface area contributed by atoms with E-state index in [1.54, 1.807) is 0 Å². The lowest BCUT2D eigenvalue weighted by molar-refractivity contribution is 0.177. The molecule has 1 unspecified atom stereocenters. The minimum atomic E-state index is 0.227. The van der Waals surface area contributed by atoms with Crippen LogP contribution in [0.5, 0.6) is 5.75 Å². The van der Waals surface area contributed by atoms with Crippen LogP contribution in [-0.4, -0.2) is 31.6 Å². The Morgan fingerprint density at radius 3 is 2.36 bits per heavy atom. The molecule has 0 aliphatic carbocycles. The van der Waals surface area contributed by atoms with Crippen molar-refractivity contribution < 1.29 is 4.74 Å². The molecule has 0 bridgehead atoms. The lowest BCUT2D eigenvalue weighted by atomic mass is 10.3. The van der Waals surface area contributed by atoms with E-state index in [1.165, 1.54) is 3.57 Å². The fraction of sp³-hybridized carbons (Fsp3) is 0.455. The van der Waals surface area contributed by atoms with Crippen LogP contribution in [0.3, 0.4) is 0 Å². The second kappa shape index (κ2) is 5.56. The van der Waals surface area contributed by atoms with Crippen LogP contribution in [0, 0.1) is 3.57 Å². The molecule has 78 valence electrons. The van der Waals surface area contributed by atoms with Gasteiger partial charge in [-0.2, -0.15) is 0 Å². The molecule has 1 aromatic rings. The quantitative estimate of drug-likeness (QED) is 0.793. The molecule has 0 fully saturated rings. The van der Waals surface area contributed by atoms with Crippen molar-refractivity contribution in [1.29, 1.82) is 0 Å². The van der Waals surface area contributed by atoms with Gasteiger partial charge < -0.3 is 9.64 Å². The van der Waals surface area contributed by atoms with Crippen molar-refractivity contribution in [3.05, 3.63) is 27.8 Å². The highest BCUT2D eigenvalue weighted by Crippen LogP contribution is 2.14.